The van der Waals surface area contributed by atoms with Crippen LogP contribution in [0.3, 0.4) is 0 Å². The first-order valence-electron chi connectivity index (χ1n) is 10.6. The van der Waals surface area contributed by atoms with Crippen LogP contribution in [0.1, 0.15) is 45.1 Å². The van der Waals surface area contributed by atoms with Crippen LogP contribution in [-0.4, -0.2) is 69.3 Å². The summed E-state index contributed by atoms with van der Waals surface area (Å²) in [6.45, 7) is 14.2. The fraction of sp³-hybridized carbons (Fsp3) is 0.727. The normalized spacial score (nSPS) is 15.8. The van der Waals surface area contributed by atoms with Crippen LogP contribution < -0.4 is 4.90 Å². The lowest BCUT2D eigenvalue weighted by Crippen LogP contribution is -2.46. The van der Waals surface area contributed by atoms with E-state index in [1.807, 2.05) is 0 Å². The van der Waals surface area contributed by atoms with Gasteiger partial charge in [0.15, 0.2) is 0 Å². The molecule has 2 rings (SSSR count). The van der Waals surface area contributed by atoms with E-state index >= 15 is 0 Å². The molecule has 0 unspecified atom stereocenters. The average Bonchev–Trinajstić information content (AvgIpc) is 2.68. The molecule has 1 aromatic rings. The van der Waals surface area contributed by atoms with Crippen LogP contribution in [0, 0.1) is 0 Å². The first-order chi connectivity index (χ1) is 12.7. The van der Waals surface area contributed by atoms with Crippen molar-refractivity contribution in [2.45, 2.75) is 46.1 Å². The number of unbranched alkanes of at least 4 members (excludes halogenated alkanes) is 2. The molecule has 0 saturated carbocycles. The fourth-order valence-corrected chi connectivity index (χ4v) is 3.52. The highest BCUT2D eigenvalue weighted by atomic mass is 16.5. The second-order valence-electron chi connectivity index (χ2n) is 7.50. The summed E-state index contributed by atoms with van der Waals surface area (Å²) < 4.78 is 5.70. The van der Waals surface area contributed by atoms with Crippen molar-refractivity contribution in [3.8, 4) is 0 Å². The second-order valence-corrected chi connectivity index (χ2v) is 7.50. The first-order valence-corrected chi connectivity index (χ1v) is 10.6. The van der Waals surface area contributed by atoms with Crippen molar-refractivity contribution in [2.75, 3.05) is 64.4 Å². The quantitative estimate of drug-likeness (QED) is 0.526. The van der Waals surface area contributed by atoms with Gasteiger partial charge in [-0.3, -0.25) is 0 Å². The maximum absolute atomic E-state index is 5.70. The minimum Gasteiger partial charge on any atom is -0.381 e. The third kappa shape index (κ3) is 7.65. The van der Waals surface area contributed by atoms with Crippen LogP contribution in [0.5, 0.6) is 0 Å². The highest BCUT2D eigenvalue weighted by Gasteiger charge is 2.15. The topological polar surface area (TPSA) is 19.0 Å². The van der Waals surface area contributed by atoms with Gasteiger partial charge in [0.1, 0.15) is 0 Å². The molecule has 26 heavy (non-hydrogen) atoms. The van der Waals surface area contributed by atoms with E-state index in [0.717, 1.165) is 45.8 Å². The molecule has 0 aromatic heterocycles. The summed E-state index contributed by atoms with van der Waals surface area (Å²) in [7, 11) is 2.20. The number of hydrogen-bond donors (Lipinski definition) is 0. The van der Waals surface area contributed by atoms with Gasteiger partial charge in [-0.25, -0.2) is 0 Å². The molecule has 1 aliphatic rings. The predicted octanol–water partition coefficient (Wildman–Crippen LogP) is 3.86. The van der Waals surface area contributed by atoms with Gasteiger partial charge in [-0.05, 0) is 44.1 Å². The molecule has 148 valence electrons. The summed E-state index contributed by atoms with van der Waals surface area (Å²) in [5.74, 6) is 0. The van der Waals surface area contributed by atoms with Crippen LogP contribution in [0.2, 0.25) is 0 Å². The highest BCUT2D eigenvalue weighted by Crippen LogP contribution is 2.18. The molecule has 1 heterocycles. The number of rotatable bonds is 12. The number of benzene rings is 1. The molecule has 1 fully saturated rings. The Hall–Kier alpha value is -1.10. The van der Waals surface area contributed by atoms with Gasteiger partial charge in [0.25, 0.3) is 0 Å². The Morgan fingerprint density at radius 1 is 0.923 bits per heavy atom. The van der Waals surface area contributed by atoms with Crippen molar-refractivity contribution >= 4 is 5.69 Å². The number of nitrogens with zero attached hydrogens (tertiary/aromatic N) is 3. The van der Waals surface area contributed by atoms with Gasteiger partial charge >= 0.3 is 0 Å². The van der Waals surface area contributed by atoms with Gasteiger partial charge in [-0.1, -0.05) is 38.8 Å². The molecule has 0 aliphatic carbocycles. The summed E-state index contributed by atoms with van der Waals surface area (Å²) in [5, 5.41) is 0. The van der Waals surface area contributed by atoms with E-state index in [9.17, 15) is 0 Å². The number of anilines is 1. The zero-order valence-electron chi connectivity index (χ0n) is 17.3. The molecule has 0 radical (unpaired) electrons. The summed E-state index contributed by atoms with van der Waals surface area (Å²) in [6, 6.07) is 9.17. The average molecular weight is 362 g/mol. The van der Waals surface area contributed by atoms with Gasteiger partial charge in [-0.15, -0.1) is 0 Å². The Morgan fingerprint density at radius 2 is 1.62 bits per heavy atom. The first kappa shape index (κ1) is 21.2. The Morgan fingerprint density at radius 3 is 2.27 bits per heavy atom. The van der Waals surface area contributed by atoms with Crippen LogP contribution >= 0.6 is 0 Å². The molecule has 0 N–H and O–H groups in total. The molecule has 1 saturated heterocycles. The standard InChI is InChI=1S/C22H39N3O/c1-4-6-7-18-26-19-8-13-23(3)20-21-9-11-22(12-10-21)25-16-14-24(5-2)15-17-25/h9-12H,4-8,13-20H2,1-3H3. The Bertz CT molecular complexity index is 469. The molecule has 0 amide bonds. The maximum Gasteiger partial charge on any atom is 0.0478 e. The van der Waals surface area contributed by atoms with Crippen molar-refractivity contribution in [2.24, 2.45) is 0 Å². The van der Waals surface area contributed by atoms with Crippen molar-refractivity contribution in [1.29, 1.82) is 0 Å². The van der Waals surface area contributed by atoms with Crippen molar-refractivity contribution in [1.82, 2.24) is 9.80 Å². The lowest BCUT2D eigenvalue weighted by atomic mass is 10.1. The van der Waals surface area contributed by atoms with Crippen LogP contribution in [0.15, 0.2) is 24.3 Å². The van der Waals surface area contributed by atoms with Gasteiger partial charge in [0.2, 0.25) is 0 Å². The van der Waals surface area contributed by atoms with Crippen molar-refractivity contribution in [3.05, 3.63) is 29.8 Å². The predicted molar refractivity (Wildman–Crippen MR) is 112 cm³/mol. The number of hydrogen-bond acceptors (Lipinski definition) is 4. The number of likely N-dealkylation sites (N-methyl/N-ethyl adjacent to an activating group) is 1. The maximum atomic E-state index is 5.70. The summed E-state index contributed by atoms with van der Waals surface area (Å²) in [4.78, 5) is 7.42. The molecule has 0 bridgehead atoms. The monoisotopic (exact) mass is 361 g/mol. The summed E-state index contributed by atoms with van der Waals surface area (Å²) >= 11 is 0. The van der Waals surface area contributed by atoms with E-state index in [2.05, 4.69) is 59.9 Å². The van der Waals surface area contributed by atoms with Gasteiger partial charge in [0, 0.05) is 58.2 Å². The molecule has 4 heteroatoms. The highest BCUT2D eigenvalue weighted by molar-refractivity contribution is 5.48. The van der Waals surface area contributed by atoms with E-state index in [-0.39, 0.29) is 0 Å². The second kappa shape index (κ2) is 12.3. The minimum atomic E-state index is 0.886. The lowest BCUT2D eigenvalue weighted by Gasteiger charge is -2.35. The molecular formula is C22H39N3O. The molecular weight excluding hydrogens is 322 g/mol. The smallest absolute Gasteiger partial charge is 0.0478 e. The summed E-state index contributed by atoms with van der Waals surface area (Å²) in [5.41, 5.74) is 2.76. The van der Waals surface area contributed by atoms with E-state index < -0.39 is 0 Å². The molecule has 1 aliphatic heterocycles. The van der Waals surface area contributed by atoms with Crippen molar-refractivity contribution in [3.63, 3.8) is 0 Å². The van der Waals surface area contributed by atoms with Crippen LogP contribution in [0.25, 0.3) is 0 Å². The largest absolute Gasteiger partial charge is 0.381 e. The van der Waals surface area contributed by atoms with Crippen LogP contribution in [-0.2, 0) is 11.3 Å². The number of ether oxygens (including phenoxy) is 1. The van der Waals surface area contributed by atoms with E-state index in [4.69, 9.17) is 4.74 Å². The summed E-state index contributed by atoms with van der Waals surface area (Å²) in [6.07, 6.45) is 4.86. The molecule has 1 aromatic carbocycles. The van der Waals surface area contributed by atoms with E-state index in [0.29, 0.717) is 0 Å². The molecule has 0 spiro atoms. The fourth-order valence-electron chi connectivity index (χ4n) is 3.52. The van der Waals surface area contributed by atoms with E-state index in [1.165, 1.54) is 50.1 Å². The van der Waals surface area contributed by atoms with Gasteiger partial charge < -0.3 is 19.4 Å². The minimum absolute atomic E-state index is 0.886. The Kier molecular flexibility index (Phi) is 10.0. The lowest BCUT2D eigenvalue weighted by molar-refractivity contribution is 0.119. The van der Waals surface area contributed by atoms with Crippen LogP contribution in [0.4, 0.5) is 5.69 Å². The van der Waals surface area contributed by atoms with Crippen molar-refractivity contribution < 1.29 is 4.74 Å². The Balaban J connectivity index is 1.63. The third-order valence-electron chi connectivity index (χ3n) is 5.29. The van der Waals surface area contributed by atoms with Gasteiger partial charge in [0.05, 0.1) is 0 Å². The third-order valence-corrected chi connectivity index (χ3v) is 5.29. The SMILES string of the molecule is CCCCCOCCCN(C)Cc1ccc(N2CCN(CC)CC2)cc1. The Labute approximate surface area is 161 Å². The number of piperazine rings is 1. The zero-order chi connectivity index (χ0) is 18.6. The molecule has 0 atom stereocenters. The molecule has 4 nitrogen and oxygen atoms in total. The van der Waals surface area contributed by atoms with Gasteiger partial charge in [-0.2, -0.15) is 0 Å². The zero-order valence-corrected chi connectivity index (χ0v) is 17.3. The van der Waals surface area contributed by atoms with E-state index in [1.54, 1.807) is 0 Å².